The van der Waals surface area contributed by atoms with Crippen LogP contribution in [0.3, 0.4) is 0 Å². The molecule has 0 aliphatic rings. The van der Waals surface area contributed by atoms with Crippen LogP contribution < -0.4 is 14.8 Å². The molecule has 2 rings (SSSR count). The summed E-state index contributed by atoms with van der Waals surface area (Å²) >= 11 is 12.0. The number of nitrogens with zero attached hydrogens (tertiary/aromatic N) is 1. The molecular formula is C18H14Cl2N2O3. The van der Waals surface area contributed by atoms with Crippen LogP contribution in [-0.2, 0) is 4.79 Å². The van der Waals surface area contributed by atoms with Gasteiger partial charge in [-0.3, -0.25) is 4.79 Å². The second kappa shape index (κ2) is 8.43. The summed E-state index contributed by atoms with van der Waals surface area (Å²) in [6.07, 6.45) is 1.38. The highest BCUT2D eigenvalue weighted by Gasteiger charge is 2.13. The molecule has 0 aromatic heterocycles. The lowest BCUT2D eigenvalue weighted by Gasteiger charge is -2.10. The van der Waals surface area contributed by atoms with E-state index < -0.39 is 5.91 Å². The van der Waals surface area contributed by atoms with E-state index in [4.69, 9.17) is 32.7 Å². The number of carbonyl (C=O) groups excluding carboxylic acids is 1. The molecular weight excluding hydrogens is 363 g/mol. The zero-order valence-corrected chi connectivity index (χ0v) is 15.0. The van der Waals surface area contributed by atoms with Gasteiger partial charge >= 0.3 is 0 Å². The van der Waals surface area contributed by atoms with Crippen molar-refractivity contribution in [3.05, 3.63) is 57.6 Å². The minimum atomic E-state index is -0.560. The van der Waals surface area contributed by atoms with Crippen LogP contribution >= 0.6 is 23.2 Å². The van der Waals surface area contributed by atoms with E-state index in [2.05, 4.69) is 5.32 Å². The average Bonchev–Trinajstić information content (AvgIpc) is 2.62. The van der Waals surface area contributed by atoms with Gasteiger partial charge in [-0.05, 0) is 42.0 Å². The Kier molecular flexibility index (Phi) is 6.29. The Balaban J connectivity index is 2.32. The van der Waals surface area contributed by atoms with E-state index in [-0.39, 0.29) is 5.57 Å². The molecule has 128 valence electrons. The lowest BCUT2D eigenvalue weighted by molar-refractivity contribution is -0.112. The molecule has 7 heteroatoms. The first-order chi connectivity index (χ1) is 12.0. The van der Waals surface area contributed by atoms with Crippen molar-refractivity contribution in [1.82, 2.24) is 0 Å². The summed E-state index contributed by atoms with van der Waals surface area (Å²) in [4.78, 5) is 12.3. The number of methoxy groups -OCH3 is 2. The third-order valence-corrected chi connectivity index (χ3v) is 3.85. The fraction of sp³-hybridized carbons (Fsp3) is 0.111. The third kappa shape index (κ3) is 4.66. The maximum absolute atomic E-state index is 12.3. The predicted octanol–water partition coefficient (Wildman–Crippen LogP) is 4.56. The van der Waals surface area contributed by atoms with Crippen LogP contribution in [0.15, 0.2) is 42.0 Å². The first-order valence-electron chi connectivity index (χ1n) is 7.08. The van der Waals surface area contributed by atoms with Gasteiger partial charge in [0.1, 0.15) is 11.6 Å². The highest BCUT2D eigenvalue weighted by Crippen LogP contribution is 2.34. The van der Waals surface area contributed by atoms with Gasteiger partial charge in [-0.2, -0.15) is 5.26 Å². The molecule has 1 N–H and O–H groups in total. The van der Waals surface area contributed by atoms with Crippen molar-refractivity contribution in [2.24, 2.45) is 0 Å². The summed E-state index contributed by atoms with van der Waals surface area (Å²) in [5.74, 6) is 0.331. The number of halogens is 2. The van der Waals surface area contributed by atoms with E-state index in [9.17, 15) is 10.1 Å². The predicted molar refractivity (Wildman–Crippen MR) is 98.2 cm³/mol. The van der Waals surface area contributed by atoms with Crippen molar-refractivity contribution in [2.45, 2.75) is 0 Å². The van der Waals surface area contributed by atoms with E-state index >= 15 is 0 Å². The summed E-state index contributed by atoms with van der Waals surface area (Å²) in [6.45, 7) is 0. The number of nitrogens with one attached hydrogen (secondary N) is 1. The SMILES string of the molecule is COc1cc(Cl)c(/C=C(\C#N)C(=O)Nc2ccc(Cl)cc2)cc1OC. The normalized spacial score (nSPS) is 10.8. The molecule has 2 aromatic carbocycles. The van der Waals surface area contributed by atoms with Crippen molar-refractivity contribution in [3.63, 3.8) is 0 Å². The fourth-order valence-electron chi connectivity index (χ4n) is 2.02. The van der Waals surface area contributed by atoms with Crippen LogP contribution in [0.2, 0.25) is 10.0 Å². The van der Waals surface area contributed by atoms with Gasteiger partial charge in [-0.1, -0.05) is 23.2 Å². The van der Waals surface area contributed by atoms with Gasteiger partial charge in [0.15, 0.2) is 11.5 Å². The van der Waals surface area contributed by atoms with Gasteiger partial charge in [-0.15, -0.1) is 0 Å². The van der Waals surface area contributed by atoms with Gasteiger partial charge in [0.25, 0.3) is 5.91 Å². The van der Waals surface area contributed by atoms with Gasteiger partial charge in [-0.25, -0.2) is 0 Å². The minimum Gasteiger partial charge on any atom is -0.493 e. The number of benzene rings is 2. The lowest BCUT2D eigenvalue weighted by atomic mass is 10.1. The largest absolute Gasteiger partial charge is 0.493 e. The summed E-state index contributed by atoms with van der Waals surface area (Å²) in [5.41, 5.74) is 0.875. The van der Waals surface area contributed by atoms with Crippen LogP contribution in [0, 0.1) is 11.3 Å². The monoisotopic (exact) mass is 376 g/mol. The Morgan fingerprint density at radius 2 is 1.72 bits per heavy atom. The Hall–Kier alpha value is -2.68. The van der Waals surface area contributed by atoms with Crippen molar-refractivity contribution in [2.75, 3.05) is 19.5 Å². The zero-order valence-electron chi connectivity index (χ0n) is 13.5. The first-order valence-corrected chi connectivity index (χ1v) is 7.84. The second-order valence-electron chi connectivity index (χ2n) is 4.86. The molecule has 0 saturated heterocycles. The van der Waals surface area contributed by atoms with Crippen LogP contribution in [0.25, 0.3) is 6.08 Å². The van der Waals surface area contributed by atoms with E-state index in [0.717, 1.165) is 0 Å². The molecule has 0 atom stereocenters. The number of hydrogen-bond donors (Lipinski definition) is 1. The maximum atomic E-state index is 12.3. The molecule has 1 amide bonds. The zero-order chi connectivity index (χ0) is 18.4. The Labute approximate surface area is 155 Å². The lowest BCUT2D eigenvalue weighted by Crippen LogP contribution is -2.13. The van der Waals surface area contributed by atoms with Crippen molar-refractivity contribution < 1.29 is 14.3 Å². The van der Waals surface area contributed by atoms with Crippen LogP contribution in [0.4, 0.5) is 5.69 Å². The highest BCUT2D eigenvalue weighted by molar-refractivity contribution is 6.32. The van der Waals surface area contributed by atoms with Crippen molar-refractivity contribution >= 4 is 40.9 Å². The summed E-state index contributed by atoms with van der Waals surface area (Å²) in [5, 5.41) is 12.8. The van der Waals surface area contributed by atoms with Crippen molar-refractivity contribution in [1.29, 1.82) is 5.26 Å². The number of hydrogen-bond acceptors (Lipinski definition) is 4. The maximum Gasteiger partial charge on any atom is 0.266 e. The quantitative estimate of drug-likeness (QED) is 0.613. The molecule has 0 spiro atoms. The number of carbonyl (C=O) groups is 1. The van der Waals surface area contributed by atoms with Crippen LogP contribution in [0.5, 0.6) is 11.5 Å². The van der Waals surface area contributed by atoms with Crippen molar-refractivity contribution in [3.8, 4) is 17.6 Å². The molecule has 0 radical (unpaired) electrons. The van der Waals surface area contributed by atoms with E-state index in [1.54, 1.807) is 36.4 Å². The van der Waals surface area contributed by atoms with Gasteiger partial charge in [0.2, 0.25) is 0 Å². The molecule has 5 nitrogen and oxygen atoms in total. The molecule has 0 saturated carbocycles. The molecule has 2 aromatic rings. The number of ether oxygens (including phenoxy) is 2. The highest BCUT2D eigenvalue weighted by atomic mass is 35.5. The topological polar surface area (TPSA) is 71.3 Å². The van der Waals surface area contributed by atoms with E-state index in [1.807, 2.05) is 6.07 Å². The number of nitriles is 1. The van der Waals surface area contributed by atoms with Gasteiger partial charge in [0.05, 0.1) is 19.2 Å². The van der Waals surface area contributed by atoms with Crippen LogP contribution in [0.1, 0.15) is 5.56 Å². The smallest absolute Gasteiger partial charge is 0.266 e. The summed E-state index contributed by atoms with van der Waals surface area (Å²) in [6, 6.07) is 11.6. The Morgan fingerprint density at radius 1 is 1.12 bits per heavy atom. The second-order valence-corrected chi connectivity index (χ2v) is 5.70. The first kappa shape index (κ1) is 18.7. The Bertz CT molecular complexity index is 856. The average molecular weight is 377 g/mol. The standard InChI is InChI=1S/C18H14Cl2N2O3/c1-24-16-8-11(15(20)9-17(16)25-2)7-12(10-21)18(23)22-14-5-3-13(19)4-6-14/h3-9H,1-2H3,(H,22,23)/b12-7+. The van der Waals surface area contributed by atoms with E-state index in [1.165, 1.54) is 20.3 Å². The molecule has 0 bridgehead atoms. The third-order valence-electron chi connectivity index (χ3n) is 3.27. The molecule has 0 unspecified atom stereocenters. The molecule has 0 aliphatic carbocycles. The van der Waals surface area contributed by atoms with E-state index in [0.29, 0.717) is 32.8 Å². The Morgan fingerprint density at radius 3 is 2.28 bits per heavy atom. The molecule has 0 heterocycles. The number of amides is 1. The molecule has 0 aliphatic heterocycles. The van der Waals surface area contributed by atoms with Gasteiger partial charge in [0, 0.05) is 16.8 Å². The number of rotatable bonds is 5. The number of anilines is 1. The minimum absolute atomic E-state index is 0.107. The molecule has 0 fully saturated rings. The van der Waals surface area contributed by atoms with Gasteiger partial charge < -0.3 is 14.8 Å². The summed E-state index contributed by atoms with van der Waals surface area (Å²) < 4.78 is 10.4. The fourth-order valence-corrected chi connectivity index (χ4v) is 2.35. The summed E-state index contributed by atoms with van der Waals surface area (Å²) in [7, 11) is 2.97. The van der Waals surface area contributed by atoms with Crippen LogP contribution in [-0.4, -0.2) is 20.1 Å². The molecule has 25 heavy (non-hydrogen) atoms.